The molecule has 2 atom stereocenters. The molecule has 0 unspecified atom stereocenters. The third kappa shape index (κ3) is 2.73. The fraction of sp³-hybridized carbons (Fsp3) is 0.529. The van der Waals surface area contributed by atoms with Gasteiger partial charge in [-0.15, -0.1) is 0 Å². The van der Waals surface area contributed by atoms with Crippen LogP contribution < -0.4 is 0 Å². The number of carbonyl (C=O) groups excluding carboxylic acids is 1. The lowest BCUT2D eigenvalue weighted by atomic mass is 10.0. The summed E-state index contributed by atoms with van der Waals surface area (Å²) in [5.41, 5.74) is 3.13. The maximum atomic E-state index is 12.9. The summed E-state index contributed by atoms with van der Waals surface area (Å²) in [5, 5.41) is 9.08. The van der Waals surface area contributed by atoms with Crippen LogP contribution in [0.15, 0.2) is 18.2 Å². The monoisotopic (exact) mass is 303 g/mol. The van der Waals surface area contributed by atoms with Crippen LogP contribution in [0.3, 0.4) is 0 Å². The second-order valence-electron chi connectivity index (χ2n) is 6.10. The van der Waals surface area contributed by atoms with Gasteiger partial charge in [-0.25, -0.2) is 0 Å². The zero-order valence-electron chi connectivity index (χ0n) is 12.7. The fourth-order valence-corrected chi connectivity index (χ4v) is 3.66. The second-order valence-corrected chi connectivity index (χ2v) is 6.10. The van der Waals surface area contributed by atoms with E-state index in [2.05, 4.69) is 6.07 Å². The van der Waals surface area contributed by atoms with E-state index in [1.165, 1.54) is 5.56 Å². The lowest BCUT2D eigenvalue weighted by Crippen LogP contribution is -2.37. The average Bonchev–Trinajstić information content (AvgIpc) is 3.11. The first-order valence-electron chi connectivity index (χ1n) is 7.76. The van der Waals surface area contributed by atoms with Gasteiger partial charge >= 0.3 is 5.97 Å². The summed E-state index contributed by atoms with van der Waals surface area (Å²) in [6.45, 7) is 0.469. The summed E-state index contributed by atoms with van der Waals surface area (Å²) in [6, 6.07) is 5.58. The molecule has 1 amide bonds. The molecule has 5 heteroatoms. The molecule has 1 heterocycles. The highest BCUT2D eigenvalue weighted by Crippen LogP contribution is 2.29. The number of ether oxygens (including phenoxy) is 1. The van der Waals surface area contributed by atoms with E-state index in [0.29, 0.717) is 13.0 Å². The van der Waals surface area contributed by atoms with Gasteiger partial charge in [0.1, 0.15) is 0 Å². The quantitative estimate of drug-likeness (QED) is 0.922. The molecular formula is C17H21NO4. The first-order valence-corrected chi connectivity index (χ1v) is 7.76. The predicted octanol–water partition coefficient (Wildman–Crippen LogP) is 1.88. The molecule has 0 saturated carbocycles. The molecule has 1 fully saturated rings. The van der Waals surface area contributed by atoms with Crippen molar-refractivity contribution in [2.24, 2.45) is 0 Å². The van der Waals surface area contributed by atoms with E-state index < -0.39 is 5.97 Å². The predicted molar refractivity (Wildman–Crippen MR) is 81.0 cm³/mol. The maximum absolute atomic E-state index is 12.9. The number of hydrogen-bond donors (Lipinski definition) is 1. The minimum absolute atomic E-state index is 0.0272. The van der Waals surface area contributed by atoms with Crippen LogP contribution in [0, 0.1) is 0 Å². The van der Waals surface area contributed by atoms with Gasteiger partial charge in [0.05, 0.1) is 12.5 Å². The van der Waals surface area contributed by atoms with E-state index in [-0.39, 0.29) is 24.5 Å². The second kappa shape index (κ2) is 6.08. The van der Waals surface area contributed by atoms with Crippen molar-refractivity contribution in [3.05, 3.63) is 34.9 Å². The summed E-state index contributed by atoms with van der Waals surface area (Å²) < 4.78 is 5.35. The van der Waals surface area contributed by atoms with E-state index in [4.69, 9.17) is 9.84 Å². The molecule has 1 aliphatic heterocycles. The lowest BCUT2D eigenvalue weighted by Gasteiger charge is -2.24. The Morgan fingerprint density at radius 3 is 2.91 bits per heavy atom. The maximum Gasteiger partial charge on any atom is 0.305 e. The van der Waals surface area contributed by atoms with Gasteiger partial charge in [-0.05, 0) is 42.9 Å². The van der Waals surface area contributed by atoms with E-state index in [9.17, 15) is 9.59 Å². The van der Waals surface area contributed by atoms with Crippen LogP contribution in [0.4, 0.5) is 0 Å². The first kappa shape index (κ1) is 15.0. The average molecular weight is 303 g/mol. The number of carbonyl (C=O) groups is 2. The van der Waals surface area contributed by atoms with Gasteiger partial charge in [0.15, 0.2) is 0 Å². The van der Waals surface area contributed by atoms with Crippen molar-refractivity contribution in [1.29, 1.82) is 0 Å². The van der Waals surface area contributed by atoms with Gasteiger partial charge in [0, 0.05) is 25.3 Å². The van der Waals surface area contributed by atoms with E-state index in [0.717, 1.165) is 30.4 Å². The van der Waals surface area contributed by atoms with Gasteiger partial charge < -0.3 is 14.7 Å². The van der Waals surface area contributed by atoms with E-state index in [1.807, 2.05) is 12.1 Å². The third-order valence-electron chi connectivity index (χ3n) is 4.76. The van der Waals surface area contributed by atoms with Gasteiger partial charge in [0.25, 0.3) is 5.91 Å². The molecule has 1 aliphatic carbocycles. The van der Waals surface area contributed by atoms with Crippen molar-refractivity contribution >= 4 is 11.9 Å². The van der Waals surface area contributed by atoms with Crippen molar-refractivity contribution in [2.45, 2.75) is 44.2 Å². The minimum atomic E-state index is -0.877. The molecule has 1 N–H and O–H groups in total. The number of likely N-dealkylation sites (tertiary alicyclic amines) is 1. The molecule has 0 radical (unpaired) electrons. The number of nitrogens with zero attached hydrogens (tertiary/aromatic N) is 1. The number of carboxylic acids is 1. The van der Waals surface area contributed by atoms with Gasteiger partial charge in [0.2, 0.25) is 0 Å². The van der Waals surface area contributed by atoms with Crippen LogP contribution in [0.2, 0.25) is 0 Å². The number of benzene rings is 1. The van der Waals surface area contributed by atoms with E-state index in [1.54, 1.807) is 12.0 Å². The van der Waals surface area contributed by atoms with Crippen molar-refractivity contribution in [3.8, 4) is 0 Å². The summed E-state index contributed by atoms with van der Waals surface area (Å²) in [7, 11) is 1.61. The first-order chi connectivity index (χ1) is 10.6. The van der Waals surface area contributed by atoms with Gasteiger partial charge in [-0.3, -0.25) is 9.59 Å². The Hall–Kier alpha value is -1.88. The van der Waals surface area contributed by atoms with Gasteiger partial charge in [-0.2, -0.15) is 0 Å². The number of fused-ring (bicyclic) bond motifs is 1. The summed E-state index contributed by atoms with van der Waals surface area (Å²) in [4.78, 5) is 25.7. The number of amides is 1. The van der Waals surface area contributed by atoms with Crippen LogP contribution in [-0.4, -0.2) is 47.7 Å². The van der Waals surface area contributed by atoms with Crippen LogP contribution in [0.5, 0.6) is 0 Å². The molecule has 118 valence electrons. The highest BCUT2D eigenvalue weighted by molar-refractivity contribution is 5.97. The van der Waals surface area contributed by atoms with Gasteiger partial charge in [-0.1, -0.05) is 12.1 Å². The topological polar surface area (TPSA) is 66.8 Å². The Morgan fingerprint density at radius 2 is 2.18 bits per heavy atom. The van der Waals surface area contributed by atoms with Crippen molar-refractivity contribution in [2.75, 3.05) is 13.7 Å². The summed E-state index contributed by atoms with van der Waals surface area (Å²) in [6.07, 6.45) is 3.52. The molecule has 0 aromatic heterocycles. The van der Waals surface area contributed by atoms with Crippen molar-refractivity contribution in [3.63, 3.8) is 0 Å². The molecule has 1 saturated heterocycles. The molecule has 2 aliphatic rings. The molecule has 3 rings (SSSR count). The molecule has 1 aromatic carbocycles. The van der Waals surface area contributed by atoms with Crippen molar-refractivity contribution in [1.82, 2.24) is 4.90 Å². The fourth-order valence-electron chi connectivity index (χ4n) is 3.66. The molecular weight excluding hydrogens is 282 g/mol. The number of rotatable bonds is 4. The number of aliphatic carboxylic acids is 1. The summed E-state index contributed by atoms with van der Waals surface area (Å²) >= 11 is 0. The van der Waals surface area contributed by atoms with E-state index >= 15 is 0 Å². The Morgan fingerprint density at radius 1 is 1.36 bits per heavy atom. The SMILES string of the molecule is CO[C@@H]1C[C@@H](CC(=O)O)N(C(=O)c2cccc3c2CCC3)C1. The number of carboxylic acid groups (broad SMARTS) is 1. The summed E-state index contributed by atoms with van der Waals surface area (Å²) in [5.74, 6) is -0.928. The standard InChI is InChI=1S/C17H21NO4/c1-22-13-8-12(9-16(19)20)18(10-13)17(21)15-7-3-5-11-4-2-6-14(11)15/h3,5,7,12-13H,2,4,6,8-10H2,1H3,(H,19,20)/t12-,13+/m0/s1. The highest BCUT2D eigenvalue weighted by Gasteiger charge is 2.37. The Bertz CT molecular complexity index is 598. The highest BCUT2D eigenvalue weighted by atomic mass is 16.5. The Labute approximate surface area is 129 Å². The molecule has 0 bridgehead atoms. The lowest BCUT2D eigenvalue weighted by molar-refractivity contribution is -0.137. The smallest absolute Gasteiger partial charge is 0.305 e. The molecule has 5 nitrogen and oxygen atoms in total. The Kier molecular flexibility index (Phi) is 4.16. The largest absolute Gasteiger partial charge is 0.481 e. The normalized spacial score (nSPS) is 23.6. The molecule has 1 aromatic rings. The van der Waals surface area contributed by atoms with Crippen LogP contribution in [-0.2, 0) is 22.4 Å². The third-order valence-corrected chi connectivity index (χ3v) is 4.76. The zero-order chi connectivity index (χ0) is 15.7. The Balaban J connectivity index is 1.87. The number of hydrogen-bond acceptors (Lipinski definition) is 3. The number of methoxy groups -OCH3 is 1. The number of aryl methyl sites for hydroxylation is 1. The van der Waals surface area contributed by atoms with Crippen LogP contribution in [0.1, 0.15) is 40.7 Å². The molecule has 0 spiro atoms. The van der Waals surface area contributed by atoms with Crippen LogP contribution in [0.25, 0.3) is 0 Å². The van der Waals surface area contributed by atoms with Crippen LogP contribution >= 0.6 is 0 Å². The molecule has 22 heavy (non-hydrogen) atoms. The van der Waals surface area contributed by atoms with Crippen molar-refractivity contribution < 1.29 is 19.4 Å². The zero-order valence-corrected chi connectivity index (χ0v) is 12.7. The minimum Gasteiger partial charge on any atom is -0.481 e.